The van der Waals surface area contributed by atoms with E-state index in [1.807, 2.05) is 0 Å². The van der Waals surface area contributed by atoms with E-state index in [0.29, 0.717) is 5.92 Å². The van der Waals surface area contributed by atoms with E-state index in [-0.39, 0.29) is 24.0 Å². The molecule has 0 bridgehead atoms. The minimum Gasteiger partial charge on any atom is -0.357 e. The van der Waals surface area contributed by atoms with Crippen LogP contribution in [0.3, 0.4) is 0 Å². The van der Waals surface area contributed by atoms with Gasteiger partial charge in [0, 0.05) is 52.4 Å². The molecule has 1 aromatic carbocycles. The molecular weight excluding hydrogens is 461 g/mol. The summed E-state index contributed by atoms with van der Waals surface area (Å²) in [6.07, 6.45) is 2.22. The highest BCUT2D eigenvalue weighted by molar-refractivity contribution is 14.0. The molecule has 160 valence electrons. The van der Waals surface area contributed by atoms with Gasteiger partial charge in [0.05, 0.1) is 0 Å². The molecule has 0 aliphatic carbocycles. The van der Waals surface area contributed by atoms with Crippen LogP contribution in [-0.2, 0) is 6.42 Å². The van der Waals surface area contributed by atoms with Crippen molar-refractivity contribution in [2.75, 3.05) is 58.9 Å². The van der Waals surface area contributed by atoms with Crippen molar-refractivity contribution in [2.24, 2.45) is 10.9 Å². The second-order valence-corrected chi connectivity index (χ2v) is 7.58. The summed E-state index contributed by atoms with van der Waals surface area (Å²) in [5, 5.41) is 6.85. The van der Waals surface area contributed by atoms with Crippen LogP contribution in [0.2, 0.25) is 0 Å². The first-order chi connectivity index (χ1) is 13.2. The molecule has 1 unspecified atom stereocenters. The summed E-state index contributed by atoms with van der Waals surface area (Å²) in [5.74, 6) is 1.53. The molecular formula is C22H40IN5. The fourth-order valence-electron chi connectivity index (χ4n) is 3.52. The van der Waals surface area contributed by atoms with Gasteiger partial charge in [0.1, 0.15) is 0 Å². The average Bonchev–Trinajstić information content (AvgIpc) is 2.70. The molecule has 2 rings (SSSR count). The van der Waals surface area contributed by atoms with Gasteiger partial charge < -0.3 is 20.4 Å². The molecule has 0 amide bonds. The van der Waals surface area contributed by atoms with Crippen LogP contribution in [-0.4, -0.2) is 74.7 Å². The second-order valence-electron chi connectivity index (χ2n) is 7.58. The smallest absolute Gasteiger partial charge is 0.191 e. The van der Waals surface area contributed by atoms with E-state index in [2.05, 4.69) is 71.5 Å². The van der Waals surface area contributed by atoms with Crippen LogP contribution in [0, 0.1) is 5.92 Å². The number of piperazine rings is 1. The van der Waals surface area contributed by atoms with Gasteiger partial charge in [-0.2, -0.15) is 0 Å². The summed E-state index contributed by atoms with van der Waals surface area (Å²) in [5.41, 5.74) is 1.40. The van der Waals surface area contributed by atoms with Crippen molar-refractivity contribution < 1.29 is 0 Å². The van der Waals surface area contributed by atoms with E-state index in [0.717, 1.165) is 45.0 Å². The fourth-order valence-corrected chi connectivity index (χ4v) is 3.52. The second kappa shape index (κ2) is 15.0. The van der Waals surface area contributed by atoms with Gasteiger partial charge in [-0.3, -0.25) is 4.99 Å². The van der Waals surface area contributed by atoms with Crippen LogP contribution in [0.4, 0.5) is 0 Å². The number of benzene rings is 1. The largest absolute Gasteiger partial charge is 0.357 e. The predicted octanol–water partition coefficient (Wildman–Crippen LogP) is 3.07. The molecule has 28 heavy (non-hydrogen) atoms. The Morgan fingerprint density at radius 1 is 1.04 bits per heavy atom. The molecule has 1 aliphatic heterocycles. The lowest BCUT2D eigenvalue weighted by Crippen LogP contribution is -2.47. The van der Waals surface area contributed by atoms with Crippen LogP contribution < -0.4 is 10.6 Å². The van der Waals surface area contributed by atoms with Crippen LogP contribution in [0.1, 0.15) is 32.8 Å². The lowest BCUT2D eigenvalue weighted by molar-refractivity contribution is 0.125. The molecule has 6 heteroatoms. The summed E-state index contributed by atoms with van der Waals surface area (Å²) in [6, 6.07) is 10.7. The van der Waals surface area contributed by atoms with Gasteiger partial charge >= 0.3 is 0 Å². The zero-order valence-corrected chi connectivity index (χ0v) is 20.3. The van der Waals surface area contributed by atoms with Gasteiger partial charge in [0.15, 0.2) is 5.96 Å². The number of guanidine groups is 1. The third-order valence-corrected chi connectivity index (χ3v) is 5.16. The van der Waals surface area contributed by atoms with E-state index in [9.17, 15) is 0 Å². The SMILES string of the molecule is CCNC(=NCC(C)CN1CCN(CC)CC1)NCCCc1ccccc1.I. The molecule has 1 atom stereocenters. The van der Waals surface area contributed by atoms with E-state index >= 15 is 0 Å². The number of likely N-dealkylation sites (N-methyl/N-ethyl adjacent to an activating group) is 1. The topological polar surface area (TPSA) is 42.9 Å². The Balaban J connectivity index is 0.00000392. The quantitative estimate of drug-likeness (QED) is 0.224. The fraction of sp³-hybridized carbons (Fsp3) is 0.682. The zero-order valence-electron chi connectivity index (χ0n) is 18.0. The Hall–Kier alpha value is -0.860. The third kappa shape index (κ3) is 10.1. The number of halogens is 1. The van der Waals surface area contributed by atoms with Crippen molar-refractivity contribution in [3.8, 4) is 0 Å². The van der Waals surface area contributed by atoms with Crippen molar-refractivity contribution in [1.82, 2.24) is 20.4 Å². The molecule has 0 aromatic heterocycles. The zero-order chi connectivity index (χ0) is 19.3. The van der Waals surface area contributed by atoms with Gasteiger partial charge in [0.25, 0.3) is 0 Å². The Labute approximate surface area is 189 Å². The van der Waals surface area contributed by atoms with E-state index < -0.39 is 0 Å². The highest BCUT2D eigenvalue weighted by atomic mass is 127. The Morgan fingerprint density at radius 3 is 2.36 bits per heavy atom. The minimum atomic E-state index is 0. The number of aliphatic imine (C=N–C) groups is 1. The normalized spacial score (nSPS) is 17.0. The van der Waals surface area contributed by atoms with Crippen LogP contribution in [0.25, 0.3) is 0 Å². The summed E-state index contributed by atoms with van der Waals surface area (Å²) < 4.78 is 0. The first-order valence-electron chi connectivity index (χ1n) is 10.7. The standard InChI is InChI=1S/C22H39N5.HI/c1-4-23-22(24-13-9-12-21-10-7-6-8-11-21)25-18-20(3)19-27-16-14-26(5-2)15-17-27;/h6-8,10-11,20H,4-5,9,12-19H2,1-3H3,(H2,23,24,25);1H. The monoisotopic (exact) mass is 501 g/mol. The molecule has 0 radical (unpaired) electrons. The first-order valence-corrected chi connectivity index (χ1v) is 10.7. The van der Waals surface area contributed by atoms with Gasteiger partial charge in [-0.25, -0.2) is 0 Å². The van der Waals surface area contributed by atoms with Crippen molar-refractivity contribution >= 4 is 29.9 Å². The number of nitrogens with one attached hydrogen (secondary N) is 2. The molecule has 1 heterocycles. The van der Waals surface area contributed by atoms with Crippen molar-refractivity contribution in [2.45, 2.75) is 33.6 Å². The van der Waals surface area contributed by atoms with Gasteiger partial charge in [-0.15, -0.1) is 24.0 Å². The first kappa shape index (κ1) is 25.2. The molecule has 1 saturated heterocycles. The maximum atomic E-state index is 4.81. The lowest BCUT2D eigenvalue weighted by Gasteiger charge is -2.35. The van der Waals surface area contributed by atoms with Crippen molar-refractivity contribution in [3.05, 3.63) is 35.9 Å². The number of hydrogen-bond donors (Lipinski definition) is 2. The Morgan fingerprint density at radius 2 is 1.71 bits per heavy atom. The van der Waals surface area contributed by atoms with Crippen molar-refractivity contribution in [1.29, 1.82) is 0 Å². The molecule has 0 saturated carbocycles. The third-order valence-electron chi connectivity index (χ3n) is 5.16. The Bertz CT molecular complexity index is 529. The van der Waals surface area contributed by atoms with Gasteiger partial charge in [-0.1, -0.05) is 44.2 Å². The van der Waals surface area contributed by atoms with Gasteiger partial charge in [0.2, 0.25) is 0 Å². The minimum absolute atomic E-state index is 0. The van der Waals surface area contributed by atoms with Crippen LogP contribution >= 0.6 is 24.0 Å². The predicted molar refractivity (Wildman–Crippen MR) is 132 cm³/mol. The molecule has 2 N–H and O–H groups in total. The number of hydrogen-bond acceptors (Lipinski definition) is 3. The molecule has 1 fully saturated rings. The summed E-state index contributed by atoms with van der Waals surface area (Å²) in [6.45, 7) is 16.5. The van der Waals surface area contributed by atoms with Crippen LogP contribution in [0.5, 0.6) is 0 Å². The summed E-state index contributed by atoms with van der Waals surface area (Å²) in [7, 11) is 0. The summed E-state index contributed by atoms with van der Waals surface area (Å²) in [4.78, 5) is 9.93. The highest BCUT2D eigenvalue weighted by Gasteiger charge is 2.17. The van der Waals surface area contributed by atoms with E-state index in [1.165, 1.54) is 38.3 Å². The van der Waals surface area contributed by atoms with E-state index in [1.54, 1.807) is 0 Å². The van der Waals surface area contributed by atoms with Crippen LogP contribution in [0.15, 0.2) is 35.3 Å². The number of rotatable bonds is 10. The van der Waals surface area contributed by atoms with Gasteiger partial charge in [-0.05, 0) is 37.8 Å². The average molecular weight is 502 g/mol. The molecule has 1 aromatic rings. The van der Waals surface area contributed by atoms with E-state index in [4.69, 9.17) is 4.99 Å². The molecule has 1 aliphatic rings. The lowest BCUT2D eigenvalue weighted by atomic mass is 10.1. The highest BCUT2D eigenvalue weighted by Crippen LogP contribution is 2.06. The van der Waals surface area contributed by atoms with Crippen molar-refractivity contribution in [3.63, 3.8) is 0 Å². The maximum absolute atomic E-state index is 4.81. The number of aryl methyl sites for hydroxylation is 1. The number of nitrogens with zero attached hydrogens (tertiary/aromatic N) is 3. The molecule has 5 nitrogen and oxygen atoms in total. The summed E-state index contributed by atoms with van der Waals surface area (Å²) >= 11 is 0. The Kier molecular flexibility index (Phi) is 13.5. The maximum Gasteiger partial charge on any atom is 0.191 e. The molecule has 0 spiro atoms.